The van der Waals surface area contributed by atoms with E-state index in [1.54, 1.807) is 53.0 Å². The highest BCUT2D eigenvalue weighted by Gasteiger charge is 2.35. The predicted molar refractivity (Wildman–Crippen MR) is 179 cm³/mol. The van der Waals surface area contributed by atoms with Crippen LogP contribution in [-0.2, 0) is 23.9 Å². The Morgan fingerprint density at radius 2 is 1.80 bits per heavy atom. The van der Waals surface area contributed by atoms with Gasteiger partial charge in [0.1, 0.15) is 24.7 Å². The Labute approximate surface area is 284 Å². The molecule has 11 nitrogen and oxygen atoms in total. The van der Waals surface area contributed by atoms with E-state index < -0.39 is 57.8 Å². The van der Waals surface area contributed by atoms with Gasteiger partial charge in [-0.2, -0.15) is 0 Å². The summed E-state index contributed by atoms with van der Waals surface area (Å²) in [5.41, 5.74) is 3.24. The van der Waals surface area contributed by atoms with Crippen LogP contribution < -0.4 is 16.1 Å². The standard InChI is InChI=1S/C32H42Cl3N5O6/c1-18(2)26(27(42)37-19(3)28(43)40-13-7-8-25(39-40)29(44)46-17-32(33,34)35)38-30(45)31(5,6)12-11-24-15-23-14-21(20(4)41)9-10-22(23)16-36-24/h9-12,14-16,18-20,25-26,39,41H,7-8,13,17H2,1-6H3,(H,37,42)(H,38,45). The highest BCUT2D eigenvalue weighted by molar-refractivity contribution is 6.67. The molecule has 0 radical (unpaired) electrons. The first kappa shape index (κ1) is 37.5. The number of nitrogens with one attached hydrogen (secondary N) is 3. The van der Waals surface area contributed by atoms with Gasteiger partial charge in [0.25, 0.3) is 5.91 Å². The zero-order valence-electron chi connectivity index (χ0n) is 26.8. The van der Waals surface area contributed by atoms with E-state index in [0.717, 1.165) is 16.3 Å². The van der Waals surface area contributed by atoms with Crippen LogP contribution in [0.2, 0.25) is 0 Å². The average molecular weight is 699 g/mol. The van der Waals surface area contributed by atoms with Crippen LogP contribution in [0.1, 0.15) is 71.7 Å². The third-order valence-corrected chi connectivity index (χ3v) is 7.91. The predicted octanol–water partition coefficient (Wildman–Crippen LogP) is 4.38. The van der Waals surface area contributed by atoms with Crippen LogP contribution in [0, 0.1) is 11.3 Å². The summed E-state index contributed by atoms with van der Waals surface area (Å²) in [6.45, 7) is 10.1. The number of hydrogen-bond donors (Lipinski definition) is 4. The van der Waals surface area contributed by atoms with Crippen LogP contribution in [0.15, 0.2) is 36.5 Å². The molecule has 4 N–H and O–H groups in total. The van der Waals surface area contributed by atoms with E-state index in [4.69, 9.17) is 39.5 Å². The molecule has 0 aliphatic carbocycles. The van der Waals surface area contributed by atoms with Crippen molar-refractivity contribution in [2.75, 3.05) is 13.2 Å². The Morgan fingerprint density at radius 3 is 2.43 bits per heavy atom. The third-order valence-electron chi connectivity index (χ3n) is 7.59. The fraction of sp³-hybridized carbons (Fsp3) is 0.531. The summed E-state index contributed by atoms with van der Waals surface area (Å²) >= 11 is 17.0. The zero-order chi connectivity index (χ0) is 34.4. The highest BCUT2D eigenvalue weighted by atomic mass is 35.6. The quantitative estimate of drug-likeness (QED) is 0.200. The molecule has 2 heterocycles. The monoisotopic (exact) mass is 697 g/mol. The summed E-state index contributed by atoms with van der Waals surface area (Å²) in [6, 6.07) is 4.82. The Kier molecular flexibility index (Phi) is 12.8. The molecule has 1 aliphatic rings. The number of benzene rings is 1. The number of carbonyl (C=O) groups excluding carboxylic acids is 4. The number of amides is 3. The number of esters is 1. The number of nitrogens with zero attached hydrogens (tertiary/aromatic N) is 2. The molecule has 46 heavy (non-hydrogen) atoms. The Bertz CT molecular complexity index is 1460. The van der Waals surface area contributed by atoms with Crippen molar-refractivity contribution in [3.8, 4) is 0 Å². The van der Waals surface area contributed by atoms with Crippen molar-refractivity contribution < 1.29 is 29.0 Å². The van der Waals surface area contributed by atoms with Crippen LogP contribution in [0.25, 0.3) is 16.8 Å². The summed E-state index contributed by atoms with van der Waals surface area (Å²) in [7, 11) is 0. The molecular weight excluding hydrogens is 657 g/mol. The van der Waals surface area contributed by atoms with Gasteiger partial charge in [0, 0.05) is 18.1 Å². The van der Waals surface area contributed by atoms with Gasteiger partial charge in [-0.1, -0.05) is 66.9 Å². The molecule has 0 spiro atoms. The number of hydrogen-bond acceptors (Lipinski definition) is 8. The van der Waals surface area contributed by atoms with E-state index in [1.165, 1.54) is 11.9 Å². The largest absolute Gasteiger partial charge is 0.460 e. The Hall–Kier alpha value is -2.96. The summed E-state index contributed by atoms with van der Waals surface area (Å²) in [6.07, 6.45) is 5.51. The van der Waals surface area contributed by atoms with Gasteiger partial charge < -0.3 is 20.5 Å². The van der Waals surface area contributed by atoms with Gasteiger partial charge in [0.05, 0.1) is 17.2 Å². The van der Waals surface area contributed by atoms with Crippen molar-refractivity contribution in [2.24, 2.45) is 11.3 Å². The number of aliphatic hydroxyl groups excluding tert-OH is 1. The van der Waals surface area contributed by atoms with E-state index in [0.29, 0.717) is 25.1 Å². The molecule has 1 aliphatic heterocycles. The summed E-state index contributed by atoms with van der Waals surface area (Å²) in [5, 5.41) is 18.5. The van der Waals surface area contributed by atoms with Crippen molar-refractivity contribution in [2.45, 2.75) is 82.4 Å². The minimum Gasteiger partial charge on any atom is -0.460 e. The number of aromatic nitrogens is 1. The minimum atomic E-state index is -1.76. The molecule has 14 heteroatoms. The summed E-state index contributed by atoms with van der Waals surface area (Å²) < 4.78 is 3.27. The lowest BCUT2D eigenvalue weighted by atomic mass is 9.90. The topological polar surface area (TPSA) is 150 Å². The molecule has 1 saturated heterocycles. The summed E-state index contributed by atoms with van der Waals surface area (Å²) in [5.74, 6) is -2.33. The molecule has 4 unspecified atom stereocenters. The molecule has 0 saturated carbocycles. The number of hydrazine groups is 1. The molecule has 4 atom stereocenters. The number of halogens is 3. The van der Waals surface area contributed by atoms with E-state index in [-0.39, 0.29) is 11.8 Å². The molecule has 1 aromatic carbocycles. The van der Waals surface area contributed by atoms with Crippen molar-refractivity contribution >= 4 is 75.3 Å². The minimum absolute atomic E-state index is 0.290. The zero-order valence-corrected chi connectivity index (χ0v) is 29.0. The Balaban J connectivity index is 1.62. The van der Waals surface area contributed by atoms with Crippen LogP contribution in [0.3, 0.4) is 0 Å². The number of pyridine rings is 1. The molecule has 1 fully saturated rings. The molecule has 3 rings (SSSR count). The Morgan fingerprint density at radius 1 is 1.11 bits per heavy atom. The van der Waals surface area contributed by atoms with E-state index in [9.17, 15) is 24.3 Å². The lowest BCUT2D eigenvalue weighted by Gasteiger charge is -2.35. The smallest absolute Gasteiger partial charge is 0.325 e. The normalized spacial score (nSPS) is 17.9. The van der Waals surface area contributed by atoms with Crippen molar-refractivity contribution in [1.82, 2.24) is 26.1 Å². The SMILES string of the molecule is CC(NC(=O)C(NC(=O)C(C)(C)C=Cc1cc2cc(C(C)O)ccc2cn1)C(C)C)C(=O)N1CCCC(C(=O)OCC(Cl)(Cl)Cl)N1. The van der Waals surface area contributed by atoms with Crippen LogP contribution in [0.4, 0.5) is 0 Å². The second kappa shape index (κ2) is 15.8. The van der Waals surface area contributed by atoms with E-state index >= 15 is 0 Å². The van der Waals surface area contributed by atoms with Gasteiger partial charge in [-0.25, -0.2) is 5.43 Å². The lowest BCUT2D eigenvalue weighted by Crippen LogP contribution is -2.61. The lowest BCUT2D eigenvalue weighted by molar-refractivity contribution is -0.152. The van der Waals surface area contributed by atoms with Gasteiger partial charge in [0.15, 0.2) is 0 Å². The van der Waals surface area contributed by atoms with Crippen LogP contribution in [0.5, 0.6) is 0 Å². The van der Waals surface area contributed by atoms with Gasteiger partial charge in [-0.3, -0.25) is 29.2 Å². The molecule has 2 aromatic rings. The molecule has 252 valence electrons. The van der Waals surface area contributed by atoms with E-state index in [2.05, 4.69) is 21.0 Å². The van der Waals surface area contributed by atoms with Crippen molar-refractivity contribution in [3.63, 3.8) is 0 Å². The van der Waals surface area contributed by atoms with Gasteiger partial charge in [-0.15, -0.1) is 0 Å². The van der Waals surface area contributed by atoms with Gasteiger partial charge in [-0.05, 0) is 75.6 Å². The van der Waals surface area contributed by atoms with Crippen molar-refractivity contribution in [3.05, 3.63) is 47.8 Å². The first-order chi connectivity index (χ1) is 21.4. The van der Waals surface area contributed by atoms with Gasteiger partial charge in [0.2, 0.25) is 15.6 Å². The van der Waals surface area contributed by atoms with Crippen LogP contribution in [-0.4, -0.2) is 73.9 Å². The summed E-state index contributed by atoms with van der Waals surface area (Å²) in [4.78, 5) is 56.7. The second-order valence-electron chi connectivity index (χ2n) is 12.4. The van der Waals surface area contributed by atoms with Crippen LogP contribution >= 0.6 is 34.8 Å². The molecule has 1 aromatic heterocycles. The first-order valence-corrected chi connectivity index (χ1v) is 16.2. The van der Waals surface area contributed by atoms with E-state index in [1.807, 2.05) is 24.3 Å². The molecular formula is C32H42Cl3N5O6. The average Bonchev–Trinajstić information content (AvgIpc) is 2.99. The number of carbonyl (C=O) groups is 4. The van der Waals surface area contributed by atoms with Crippen molar-refractivity contribution in [1.29, 1.82) is 0 Å². The number of aliphatic hydroxyl groups is 1. The fourth-order valence-electron chi connectivity index (χ4n) is 4.73. The maximum Gasteiger partial charge on any atom is 0.325 e. The maximum atomic E-state index is 13.4. The second-order valence-corrected chi connectivity index (χ2v) is 14.9. The number of fused-ring (bicyclic) bond motifs is 1. The molecule has 0 bridgehead atoms. The highest BCUT2D eigenvalue weighted by Crippen LogP contribution is 2.27. The third kappa shape index (κ3) is 10.5. The number of ether oxygens (including phenoxy) is 1. The molecule has 3 amide bonds. The first-order valence-electron chi connectivity index (χ1n) is 15.1. The number of alkyl halides is 3. The number of rotatable bonds is 11. The maximum absolute atomic E-state index is 13.4. The van der Waals surface area contributed by atoms with Gasteiger partial charge >= 0.3 is 5.97 Å². The fourth-order valence-corrected chi connectivity index (χ4v) is 4.89.